The SMILES string of the molecule is CN=C(NCC(C)Oc1cccc(OC)c1)NCC1(N2CCOCC2)CCSC1.I. The van der Waals surface area contributed by atoms with Crippen LogP contribution in [0.5, 0.6) is 11.5 Å². The van der Waals surface area contributed by atoms with Crippen molar-refractivity contribution in [2.75, 3.05) is 65.1 Å². The van der Waals surface area contributed by atoms with E-state index in [0.717, 1.165) is 56.1 Å². The maximum Gasteiger partial charge on any atom is 0.191 e. The molecule has 170 valence electrons. The van der Waals surface area contributed by atoms with Crippen molar-refractivity contribution in [2.45, 2.75) is 25.0 Å². The van der Waals surface area contributed by atoms with Gasteiger partial charge in [0.25, 0.3) is 0 Å². The summed E-state index contributed by atoms with van der Waals surface area (Å²) >= 11 is 2.04. The molecule has 0 aromatic heterocycles. The lowest BCUT2D eigenvalue weighted by molar-refractivity contribution is -0.0120. The number of guanidine groups is 1. The molecular weight excluding hydrogens is 515 g/mol. The summed E-state index contributed by atoms with van der Waals surface area (Å²) in [7, 11) is 3.47. The number of morpholine rings is 1. The third-order valence-corrected chi connectivity index (χ3v) is 6.74. The second-order valence-electron chi connectivity index (χ2n) is 7.54. The molecular formula is C21H35IN4O3S. The molecule has 9 heteroatoms. The molecule has 2 unspecified atom stereocenters. The summed E-state index contributed by atoms with van der Waals surface area (Å²) in [6, 6.07) is 7.68. The van der Waals surface area contributed by atoms with Gasteiger partial charge in [-0.1, -0.05) is 6.07 Å². The maximum absolute atomic E-state index is 5.99. The van der Waals surface area contributed by atoms with Crippen LogP contribution in [0.25, 0.3) is 0 Å². The van der Waals surface area contributed by atoms with Crippen LogP contribution in [-0.4, -0.2) is 87.6 Å². The molecule has 0 aliphatic carbocycles. The first kappa shape index (κ1) is 25.4. The van der Waals surface area contributed by atoms with E-state index in [1.807, 2.05) is 50.0 Å². The van der Waals surface area contributed by atoms with Crippen LogP contribution in [-0.2, 0) is 4.74 Å². The van der Waals surface area contributed by atoms with E-state index in [4.69, 9.17) is 14.2 Å². The Morgan fingerprint density at radius 3 is 2.73 bits per heavy atom. The van der Waals surface area contributed by atoms with Gasteiger partial charge < -0.3 is 24.8 Å². The van der Waals surface area contributed by atoms with Crippen LogP contribution in [0.3, 0.4) is 0 Å². The Bertz CT molecular complexity index is 667. The van der Waals surface area contributed by atoms with Crippen LogP contribution in [0.2, 0.25) is 0 Å². The van der Waals surface area contributed by atoms with Crippen molar-refractivity contribution in [3.63, 3.8) is 0 Å². The Morgan fingerprint density at radius 1 is 1.30 bits per heavy atom. The van der Waals surface area contributed by atoms with E-state index in [0.29, 0.717) is 6.54 Å². The molecule has 0 spiro atoms. The molecule has 2 atom stereocenters. The molecule has 0 radical (unpaired) electrons. The Morgan fingerprint density at radius 2 is 2.07 bits per heavy atom. The summed E-state index contributed by atoms with van der Waals surface area (Å²) < 4.78 is 16.8. The zero-order valence-electron chi connectivity index (χ0n) is 18.2. The zero-order chi connectivity index (χ0) is 20.5. The number of rotatable bonds is 8. The van der Waals surface area contributed by atoms with E-state index in [1.54, 1.807) is 7.11 Å². The molecule has 0 bridgehead atoms. The number of methoxy groups -OCH3 is 1. The quantitative estimate of drug-likeness (QED) is 0.293. The van der Waals surface area contributed by atoms with Gasteiger partial charge in [0, 0.05) is 44.0 Å². The van der Waals surface area contributed by atoms with E-state index in [9.17, 15) is 0 Å². The number of benzene rings is 1. The number of nitrogens with one attached hydrogen (secondary N) is 2. The van der Waals surface area contributed by atoms with E-state index >= 15 is 0 Å². The van der Waals surface area contributed by atoms with Gasteiger partial charge in [-0.15, -0.1) is 24.0 Å². The van der Waals surface area contributed by atoms with Gasteiger partial charge in [-0.2, -0.15) is 11.8 Å². The van der Waals surface area contributed by atoms with Gasteiger partial charge in [0.2, 0.25) is 0 Å². The lowest BCUT2D eigenvalue weighted by atomic mass is 9.95. The Kier molecular flexibility index (Phi) is 10.8. The molecule has 7 nitrogen and oxygen atoms in total. The van der Waals surface area contributed by atoms with Crippen molar-refractivity contribution < 1.29 is 14.2 Å². The number of ether oxygens (including phenoxy) is 3. The molecule has 1 aromatic rings. The predicted molar refractivity (Wildman–Crippen MR) is 135 cm³/mol. The summed E-state index contributed by atoms with van der Waals surface area (Å²) in [4.78, 5) is 7.00. The lowest BCUT2D eigenvalue weighted by Crippen LogP contribution is -2.60. The van der Waals surface area contributed by atoms with Gasteiger partial charge in [0.05, 0.1) is 26.9 Å². The van der Waals surface area contributed by atoms with Gasteiger partial charge in [-0.3, -0.25) is 9.89 Å². The summed E-state index contributed by atoms with van der Waals surface area (Å²) in [6.07, 6.45) is 1.20. The van der Waals surface area contributed by atoms with Gasteiger partial charge in [-0.25, -0.2) is 0 Å². The van der Waals surface area contributed by atoms with Crippen LogP contribution < -0.4 is 20.1 Å². The van der Waals surface area contributed by atoms with E-state index in [1.165, 1.54) is 12.2 Å². The van der Waals surface area contributed by atoms with Gasteiger partial charge >= 0.3 is 0 Å². The largest absolute Gasteiger partial charge is 0.497 e. The van der Waals surface area contributed by atoms with Crippen LogP contribution in [0, 0.1) is 0 Å². The Balaban J connectivity index is 0.00000320. The number of hydrogen-bond donors (Lipinski definition) is 2. The molecule has 1 aromatic carbocycles. The van der Waals surface area contributed by atoms with Crippen LogP contribution in [0.15, 0.2) is 29.3 Å². The fourth-order valence-corrected chi connectivity index (χ4v) is 5.27. The van der Waals surface area contributed by atoms with Crippen molar-refractivity contribution in [3.8, 4) is 11.5 Å². The van der Waals surface area contributed by atoms with Crippen molar-refractivity contribution in [2.24, 2.45) is 4.99 Å². The summed E-state index contributed by atoms with van der Waals surface area (Å²) in [6.45, 7) is 7.29. The Hall–Kier alpha value is -0.910. The first-order valence-corrected chi connectivity index (χ1v) is 11.5. The third-order valence-electron chi connectivity index (χ3n) is 5.51. The van der Waals surface area contributed by atoms with Crippen LogP contribution in [0.1, 0.15) is 13.3 Å². The molecule has 2 aliphatic heterocycles. The molecule has 30 heavy (non-hydrogen) atoms. The lowest BCUT2D eigenvalue weighted by Gasteiger charge is -2.43. The third kappa shape index (κ3) is 7.06. The first-order valence-electron chi connectivity index (χ1n) is 10.3. The molecule has 2 aliphatic rings. The molecule has 2 saturated heterocycles. The molecule has 3 rings (SSSR count). The average molecular weight is 551 g/mol. The van der Waals surface area contributed by atoms with Crippen LogP contribution in [0.4, 0.5) is 0 Å². The first-order chi connectivity index (χ1) is 14.1. The molecule has 0 amide bonds. The van der Waals surface area contributed by atoms with Crippen molar-refractivity contribution in [1.29, 1.82) is 0 Å². The highest BCUT2D eigenvalue weighted by Gasteiger charge is 2.40. The average Bonchev–Trinajstić information content (AvgIpc) is 3.25. The number of halogens is 1. The predicted octanol–water partition coefficient (Wildman–Crippen LogP) is 2.45. The summed E-state index contributed by atoms with van der Waals surface area (Å²) in [5.74, 6) is 4.79. The second kappa shape index (κ2) is 12.8. The second-order valence-corrected chi connectivity index (χ2v) is 8.65. The fourth-order valence-electron chi connectivity index (χ4n) is 3.79. The number of nitrogens with zero attached hydrogens (tertiary/aromatic N) is 2. The van der Waals surface area contributed by atoms with E-state index in [2.05, 4.69) is 20.5 Å². The van der Waals surface area contributed by atoms with Crippen molar-refractivity contribution in [1.82, 2.24) is 15.5 Å². The highest BCUT2D eigenvalue weighted by Crippen LogP contribution is 2.33. The highest BCUT2D eigenvalue weighted by molar-refractivity contribution is 14.0. The number of thioether (sulfide) groups is 1. The van der Waals surface area contributed by atoms with E-state index < -0.39 is 0 Å². The smallest absolute Gasteiger partial charge is 0.191 e. The zero-order valence-corrected chi connectivity index (χ0v) is 21.3. The molecule has 0 saturated carbocycles. The minimum atomic E-state index is -0.00380. The van der Waals surface area contributed by atoms with Crippen molar-refractivity contribution in [3.05, 3.63) is 24.3 Å². The topological polar surface area (TPSA) is 67.4 Å². The number of aliphatic imine (C=N–C) groups is 1. The Labute approximate surface area is 201 Å². The van der Waals surface area contributed by atoms with E-state index in [-0.39, 0.29) is 35.6 Å². The van der Waals surface area contributed by atoms with Gasteiger partial charge in [0.15, 0.2) is 5.96 Å². The fraction of sp³-hybridized carbons (Fsp3) is 0.667. The number of hydrogen-bond acceptors (Lipinski definition) is 6. The summed E-state index contributed by atoms with van der Waals surface area (Å²) in [5.41, 5.74) is 0.189. The van der Waals surface area contributed by atoms with Gasteiger partial charge in [0.1, 0.15) is 17.6 Å². The standard InChI is InChI=1S/C21H34N4O3S.HI/c1-17(28-19-6-4-5-18(13-19)26-3)14-23-20(22-2)24-15-21(7-12-29-16-21)25-8-10-27-11-9-25;/h4-6,13,17H,7-12,14-16H2,1-3H3,(H2,22,23,24);1H. The normalized spacial score (nSPS) is 23.4. The molecule has 2 N–H and O–H groups in total. The maximum atomic E-state index is 5.99. The highest BCUT2D eigenvalue weighted by atomic mass is 127. The molecule has 2 heterocycles. The molecule has 2 fully saturated rings. The van der Waals surface area contributed by atoms with Gasteiger partial charge in [-0.05, 0) is 31.2 Å². The summed E-state index contributed by atoms with van der Waals surface area (Å²) in [5, 5.41) is 6.95. The van der Waals surface area contributed by atoms with Crippen molar-refractivity contribution >= 4 is 41.7 Å². The minimum absolute atomic E-state index is 0. The minimum Gasteiger partial charge on any atom is -0.497 e. The monoisotopic (exact) mass is 550 g/mol. The van der Waals surface area contributed by atoms with Crippen LogP contribution >= 0.6 is 35.7 Å².